The van der Waals surface area contributed by atoms with E-state index in [9.17, 15) is 13.2 Å². The number of fused-ring (bicyclic) bond motifs is 1. The summed E-state index contributed by atoms with van der Waals surface area (Å²) in [5.74, 6) is 0. The molecule has 0 saturated heterocycles. The fourth-order valence-electron chi connectivity index (χ4n) is 1.41. The first-order chi connectivity index (χ1) is 7.96. The van der Waals surface area contributed by atoms with E-state index in [-0.39, 0.29) is 6.54 Å². The Morgan fingerprint density at radius 2 is 2.00 bits per heavy atom. The van der Waals surface area contributed by atoms with Gasteiger partial charge in [0.15, 0.2) is 5.13 Å². The van der Waals surface area contributed by atoms with Crippen molar-refractivity contribution in [1.82, 2.24) is 4.98 Å². The Balaban J connectivity index is 2.11. The van der Waals surface area contributed by atoms with Crippen molar-refractivity contribution in [3.05, 3.63) is 24.3 Å². The molecule has 0 fully saturated rings. The van der Waals surface area contributed by atoms with E-state index in [0.717, 1.165) is 10.2 Å². The summed E-state index contributed by atoms with van der Waals surface area (Å²) in [4.78, 5) is 5.83. The Bertz CT molecular complexity index is 474. The molecule has 2 aromatic rings. The minimum Gasteiger partial charge on any atom is -0.351 e. The second-order valence-corrected chi connectivity index (χ2v) is 4.76. The van der Waals surface area contributed by atoms with Crippen LogP contribution in [-0.2, 0) is 0 Å². The first-order valence-corrected chi connectivity index (χ1v) is 5.91. The molecule has 2 nitrogen and oxygen atoms in total. The second-order valence-electron chi connectivity index (χ2n) is 3.75. The van der Waals surface area contributed by atoms with Gasteiger partial charge in [0.25, 0.3) is 0 Å². The fourth-order valence-corrected chi connectivity index (χ4v) is 2.37. The van der Waals surface area contributed by atoms with Crippen LogP contribution >= 0.6 is 11.3 Å². The van der Waals surface area contributed by atoms with Gasteiger partial charge in [-0.3, -0.25) is 0 Å². The van der Waals surface area contributed by atoms with Gasteiger partial charge in [-0.1, -0.05) is 23.5 Å². The summed E-state index contributed by atoms with van der Waals surface area (Å²) >= 11 is 1.40. The average molecular weight is 260 g/mol. The highest BCUT2D eigenvalue weighted by Crippen LogP contribution is 2.29. The predicted octanol–water partition coefficient (Wildman–Crippen LogP) is 3.68. The van der Waals surface area contributed by atoms with Gasteiger partial charge >= 0.3 is 6.18 Å². The van der Waals surface area contributed by atoms with Crippen LogP contribution in [0.15, 0.2) is 24.3 Å². The molecule has 0 N–H and O–H groups in total. The third-order valence-electron chi connectivity index (χ3n) is 2.34. The average Bonchev–Trinajstić information content (AvgIpc) is 2.68. The molecule has 17 heavy (non-hydrogen) atoms. The normalized spacial score (nSPS) is 12.0. The van der Waals surface area contributed by atoms with E-state index in [0.29, 0.717) is 5.13 Å². The predicted molar refractivity (Wildman–Crippen MR) is 63.6 cm³/mol. The maximum Gasteiger partial charge on any atom is 0.390 e. The van der Waals surface area contributed by atoms with Gasteiger partial charge in [0.1, 0.15) is 0 Å². The largest absolute Gasteiger partial charge is 0.390 e. The zero-order valence-electron chi connectivity index (χ0n) is 9.16. The molecule has 0 aliphatic carbocycles. The molecule has 0 amide bonds. The first kappa shape index (κ1) is 12.2. The number of alkyl halides is 3. The molecule has 0 radical (unpaired) electrons. The molecule has 0 unspecified atom stereocenters. The van der Waals surface area contributed by atoms with Gasteiger partial charge in [-0.05, 0) is 12.1 Å². The molecule has 1 aromatic heterocycles. The zero-order valence-corrected chi connectivity index (χ0v) is 9.98. The number of hydrogen-bond donors (Lipinski definition) is 0. The lowest BCUT2D eigenvalue weighted by Crippen LogP contribution is -2.23. The van der Waals surface area contributed by atoms with Crippen LogP contribution in [0.3, 0.4) is 0 Å². The highest BCUT2D eigenvalue weighted by atomic mass is 32.1. The molecule has 0 spiro atoms. The third kappa shape index (κ3) is 3.09. The molecule has 6 heteroatoms. The van der Waals surface area contributed by atoms with E-state index in [2.05, 4.69) is 4.98 Å². The zero-order chi connectivity index (χ0) is 12.5. The Morgan fingerprint density at radius 3 is 2.65 bits per heavy atom. The van der Waals surface area contributed by atoms with Crippen LogP contribution < -0.4 is 4.90 Å². The van der Waals surface area contributed by atoms with E-state index in [4.69, 9.17) is 0 Å². The summed E-state index contributed by atoms with van der Waals surface area (Å²) in [6.07, 6.45) is -4.94. The van der Waals surface area contributed by atoms with Gasteiger partial charge in [-0.2, -0.15) is 13.2 Å². The molecule has 0 aliphatic heterocycles. The van der Waals surface area contributed by atoms with Crippen LogP contribution in [0.4, 0.5) is 18.3 Å². The van der Waals surface area contributed by atoms with Crippen molar-refractivity contribution >= 4 is 26.7 Å². The molecule has 0 aliphatic rings. The van der Waals surface area contributed by atoms with Crippen molar-refractivity contribution in [2.45, 2.75) is 12.6 Å². The van der Waals surface area contributed by atoms with E-state index in [1.165, 1.54) is 16.2 Å². The lowest BCUT2D eigenvalue weighted by Gasteiger charge is -2.16. The van der Waals surface area contributed by atoms with Gasteiger partial charge < -0.3 is 4.90 Å². The number of halogens is 3. The maximum atomic E-state index is 12.1. The SMILES string of the molecule is CN(CCC(F)(F)F)c1nc2ccccc2s1. The van der Waals surface area contributed by atoms with Crippen molar-refractivity contribution in [2.24, 2.45) is 0 Å². The number of hydrogen-bond acceptors (Lipinski definition) is 3. The monoisotopic (exact) mass is 260 g/mol. The minimum atomic E-state index is -4.12. The van der Waals surface area contributed by atoms with E-state index < -0.39 is 12.6 Å². The van der Waals surface area contributed by atoms with E-state index in [1.807, 2.05) is 24.3 Å². The molecule has 0 atom stereocenters. The number of aromatic nitrogens is 1. The van der Waals surface area contributed by atoms with Gasteiger partial charge in [0, 0.05) is 13.6 Å². The van der Waals surface area contributed by atoms with E-state index >= 15 is 0 Å². The number of nitrogens with zero attached hydrogens (tertiary/aromatic N) is 2. The topological polar surface area (TPSA) is 16.1 Å². The van der Waals surface area contributed by atoms with Crippen LogP contribution in [0.1, 0.15) is 6.42 Å². The summed E-state index contributed by atoms with van der Waals surface area (Å²) < 4.78 is 37.3. The number of rotatable bonds is 3. The van der Waals surface area contributed by atoms with Gasteiger partial charge in [-0.25, -0.2) is 4.98 Å². The quantitative estimate of drug-likeness (QED) is 0.836. The van der Waals surface area contributed by atoms with Crippen molar-refractivity contribution in [3.8, 4) is 0 Å². The Hall–Kier alpha value is -1.30. The highest BCUT2D eigenvalue weighted by molar-refractivity contribution is 7.22. The Labute approximate surface area is 101 Å². The summed E-state index contributed by atoms with van der Waals surface area (Å²) in [6.45, 7) is -0.0661. The van der Waals surface area contributed by atoms with Crippen LogP contribution in [0.5, 0.6) is 0 Å². The van der Waals surface area contributed by atoms with Gasteiger partial charge in [-0.15, -0.1) is 0 Å². The second kappa shape index (κ2) is 4.52. The van der Waals surface area contributed by atoms with Crippen molar-refractivity contribution < 1.29 is 13.2 Å². The van der Waals surface area contributed by atoms with Gasteiger partial charge in [0.2, 0.25) is 0 Å². The molecular weight excluding hydrogens is 249 g/mol. The Kier molecular flexibility index (Phi) is 3.24. The summed E-state index contributed by atoms with van der Waals surface area (Å²) in [6, 6.07) is 7.52. The molecular formula is C11H11F3N2S. The Morgan fingerprint density at radius 1 is 1.29 bits per heavy atom. The third-order valence-corrected chi connectivity index (χ3v) is 3.49. The van der Waals surface area contributed by atoms with Crippen LogP contribution in [-0.4, -0.2) is 24.8 Å². The smallest absolute Gasteiger partial charge is 0.351 e. The summed E-state index contributed by atoms with van der Waals surface area (Å²) in [5, 5.41) is 0.621. The van der Waals surface area contributed by atoms with Crippen LogP contribution in [0.2, 0.25) is 0 Å². The number of thiazole rings is 1. The summed E-state index contributed by atoms with van der Waals surface area (Å²) in [7, 11) is 1.63. The number of para-hydroxylation sites is 1. The summed E-state index contributed by atoms with van der Waals surface area (Å²) in [5.41, 5.74) is 0.825. The lowest BCUT2D eigenvalue weighted by atomic mass is 10.3. The molecule has 0 saturated carbocycles. The van der Waals surface area contributed by atoms with Crippen molar-refractivity contribution in [3.63, 3.8) is 0 Å². The van der Waals surface area contributed by atoms with Gasteiger partial charge in [0.05, 0.1) is 16.6 Å². The van der Waals surface area contributed by atoms with E-state index in [1.54, 1.807) is 7.05 Å². The minimum absolute atomic E-state index is 0.0661. The van der Waals surface area contributed by atoms with Crippen molar-refractivity contribution in [1.29, 1.82) is 0 Å². The van der Waals surface area contributed by atoms with Crippen LogP contribution in [0.25, 0.3) is 10.2 Å². The molecule has 1 aromatic carbocycles. The fraction of sp³-hybridized carbons (Fsp3) is 0.364. The van der Waals surface area contributed by atoms with Crippen molar-refractivity contribution in [2.75, 3.05) is 18.5 Å². The molecule has 92 valence electrons. The molecule has 0 bridgehead atoms. The standard InChI is InChI=1S/C11H11F3N2S/c1-16(7-6-11(12,13)14)10-15-8-4-2-3-5-9(8)17-10/h2-5H,6-7H2,1H3. The number of benzene rings is 1. The highest BCUT2D eigenvalue weighted by Gasteiger charge is 2.27. The molecule has 2 rings (SSSR count). The maximum absolute atomic E-state index is 12.1. The first-order valence-electron chi connectivity index (χ1n) is 5.09. The molecule has 1 heterocycles. The number of anilines is 1. The lowest BCUT2D eigenvalue weighted by molar-refractivity contribution is -0.132. The van der Waals surface area contributed by atoms with Crippen LogP contribution in [0, 0.1) is 0 Å².